The number of rotatable bonds is 6. The molecule has 2 rings (SSSR count). The lowest BCUT2D eigenvalue weighted by molar-refractivity contribution is -0.113. The average molecular weight is 340 g/mol. The molecule has 4 nitrogen and oxygen atoms in total. The zero-order chi connectivity index (χ0) is 15.2. The lowest BCUT2D eigenvalue weighted by Crippen LogP contribution is -2.14. The van der Waals surface area contributed by atoms with E-state index in [1.165, 1.54) is 23.1 Å². The molecule has 0 fully saturated rings. The molecule has 2 aromatic rings. The molecule has 7 heteroatoms. The number of amides is 1. The lowest BCUT2D eigenvalue weighted by Gasteiger charge is -2.08. The van der Waals surface area contributed by atoms with Gasteiger partial charge in [-0.3, -0.25) is 4.79 Å². The van der Waals surface area contributed by atoms with E-state index in [0.29, 0.717) is 5.75 Å². The summed E-state index contributed by atoms with van der Waals surface area (Å²) in [5, 5.41) is 11.1. The first-order chi connectivity index (χ1) is 10.1. The van der Waals surface area contributed by atoms with Crippen LogP contribution in [0, 0.1) is 13.8 Å². The summed E-state index contributed by atoms with van der Waals surface area (Å²) in [7, 11) is 0. The minimum absolute atomic E-state index is 0.0198. The van der Waals surface area contributed by atoms with Crippen molar-refractivity contribution in [2.75, 3.05) is 16.8 Å². The summed E-state index contributed by atoms with van der Waals surface area (Å²) >= 11 is 4.63. The standard InChI is InChI=1S/C14H17N3OS3/c1-4-19-13-16-17-14(21-13)20-8-12(18)15-11-7-9(2)5-6-10(11)3/h5-7H,4,8H2,1-3H3,(H,15,18). The van der Waals surface area contributed by atoms with Crippen LogP contribution in [-0.2, 0) is 4.79 Å². The predicted molar refractivity (Wildman–Crippen MR) is 91.6 cm³/mol. The van der Waals surface area contributed by atoms with Crippen LogP contribution in [0.4, 0.5) is 5.69 Å². The Labute approximate surface area is 137 Å². The quantitative estimate of drug-likeness (QED) is 0.806. The van der Waals surface area contributed by atoms with E-state index in [9.17, 15) is 4.79 Å². The third-order valence-electron chi connectivity index (χ3n) is 2.65. The van der Waals surface area contributed by atoms with Gasteiger partial charge >= 0.3 is 0 Å². The molecule has 1 amide bonds. The highest BCUT2D eigenvalue weighted by Crippen LogP contribution is 2.28. The van der Waals surface area contributed by atoms with Gasteiger partial charge in [-0.15, -0.1) is 10.2 Å². The Bertz CT molecular complexity index is 628. The molecule has 1 aromatic carbocycles. The van der Waals surface area contributed by atoms with E-state index in [1.807, 2.05) is 32.0 Å². The van der Waals surface area contributed by atoms with Crippen molar-refractivity contribution in [3.63, 3.8) is 0 Å². The van der Waals surface area contributed by atoms with Crippen LogP contribution in [0.5, 0.6) is 0 Å². The molecule has 0 saturated heterocycles. The zero-order valence-corrected chi connectivity index (χ0v) is 14.6. The number of carbonyl (C=O) groups excluding carboxylic acids is 1. The number of hydrogen-bond donors (Lipinski definition) is 1. The Kier molecular flexibility index (Phi) is 6.08. The van der Waals surface area contributed by atoms with Gasteiger partial charge in [-0.05, 0) is 36.8 Å². The van der Waals surface area contributed by atoms with Crippen LogP contribution in [-0.4, -0.2) is 27.6 Å². The Morgan fingerprint density at radius 1 is 1.24 bits per heavy atom. The SMILES string of the molecule is CCSc1nnc(SCC(=O)Nc2cc(C)ccc2C)s1. The van der Waals surface area contributed by atoms with Gasteiger partial charge in [0.15, 0.2) is 8.68 Å². The van der Waals surface area contributed by atoms with Gasteiger partial charge in [-0.2, -0.15) is 0 Å². The van der Waals surface area contributed by atoms with Crippen LogP contribution in [0.1, 0.15) is 18.1 Å². The van der Waals surface area contributed by atoms with Crippen molar-refractivity contribution >= 4 is 46.5 Å². The third-order valence-corrected chi connectivity index (χ3v) is 5.72. The molecule has 1 heterocycles. The van der Waals surface area contributed by atoms with Crippen molar-refractivity contribution in [3.05, 3.63) is 29.3 Å². The average Bonchev–Trinajstić information content (AvgIpc) is 2.89. The molecule has 0 aliphatic heterocycles. The van der Waals surface area contributed by atoms with E-state index < -0.39 is 0 Å². The Balaban J connectivity index is 1.88. The summed E-state index contributed by atoms with van der Waals surface area (Å²) in [6.45, 7) is 6.08. The normalized spacial score (nSPS) is 10.6. The molecule has 0 aliphatic carbocycles. The Hall–Kier alpha value is -1.05. The van der Waals surface area contributed by atoms with E-state index in [2.05, 4.69) is 22.4 Å². The minimum atomic E-state index is -0.0198. The highest BCUT2D eigenvalue weighted by molar-refractivity contribution is 8.03. The van der Waals surface area contributed by atoms with Crippen LogP contribution < -0.4 is 5.32 Å². The number of aromatic nitrogens is 2. The summed E-state index contributed by atoms with van der Waals surface area (Å²) in [5.74, 6) is 1.30. The summed E-state index contributed by atoms with van der Waals surface area (Å²) < 4.78 is 1.79. The van der Waals surface area contributed by atoms with Gasteiger partial charge in [-0.1, -0.05) is 53.9 Å². The fourth-order valence-corrected chi connectivity index (χ4v) is 4.34. The van der Waals surface area contributed by atoms with Gasteiger partial charge in [0, 0.05) is 5.69 Å². The van der Waals surface area contributed by atoms with E-state index in [0.717, 1.165) is 31.2 Å². The van der Waals surface area contributed by atoms with E-state index in [4.69, 9.17) is 0 Å². The molecule has 21 heavy (non-hydrogen) atoms. The number of hydrogen-bond acceptors (Lipinski definition) is 6. The molecule has 0 unspecified atom stereocenters. The Morgan fingerprint density at radius 3 is 2.67 bits per heavy atom. The summed E-state index contributed by atoms with van der Waals surface area (Å²) in [6.07, 6.45) is 0. The van der Waals surface area contributed by atoms with Crippen molar-refractivity contribution in [3.8, 4) is 0 Å². The number of benzene rings is 1. The molecule has 0 saturated carbocycles. The number of thioether (sulfide) groups is 2. The predicted octanol–water partition coefficient (Wildman–Crippen LogP) is 4.00. The summed E-state index contributed by atoms with van der Waals surface area (Å²) in [6, 6.07) is 6.03. The zero-order valence-electron chi connectivity index (χ0n) is 12.2. The van der Waals surface area contributed by atoms with Crippen LogP contribution in [0.25, 0.3) is 0 Å². The van der Waals surface area contributed by atoms with E-state index in [-0.39, 0.29) is 5.91 Å². The van der Waals surface area contributed by atoms with Crippen LogP contribution in [0.15, 0.2) is 26.9 Å². The second-order valence-corrected chi connectivity index (χ2v) is 8.13. The molecule has 0 spiro atoms. The highest BCUT2D eigenvalue weighted by atomic mass is 32.2. The Morgan fingerprint density at radius 2 is 1.95 bits per heavy atom. The molecule has 0 aliphatic rings. The molecule has 112 valence electrons. The monoisotopic (exact) mass is 339 g/mol. The van der Waals surface area contributed by atoms with Gasteiger partial charge in [0.25, 0.3) is 0 Å². The number of nitrogens with zero attached hydrogens (tertiary/aromatic N) is 2. The van der Waals surface area contributed by atoms with Crippen LogP contribution in [0.2, 0.25) is 0 Å². The maximum absolute atomic E-state index is 12.0. The van der Waals surface area contributed by atoms with Gasteiger partial charge < -0.3 is 5.32 Å². The van der Waals surface area contributed by atoms with Crippen molar-refractivity contribution in [1.82, 2.24) is 10.2 Å². The first-order valence-corrected chi connectivity index (χ1v) is 9.33. The fraction of sp³-hybridized carbons (Fsp3) is 0.357. The molecule has 1 aromatic heterocycles. The maximum atomic E-state index is 12.0. The van der Waals surface area contributed by atoms with Gasteiger partial charge in [0.05, 0.1) is 5.75 Å². The number of anilines is 1. The number of carbonyl (C=O) groups is 1. The first kappa shape index (κ1) is 16.3. The summed E-state index contributed by atoms with van der Waals surface area (Å²) in [5.41, 5.74) is 3.07. The van der Waals surface area contributed by atoms with Crippen LogP contribution in [0.3, 0.4) is 0 Å². The van der Waals surface area contributed by atoms with Crippen molar-refractivity contribution in [2.45, 2.75) is 29.5 Å². The van der Waals surface area contributed by atoms with E-state index >= 15 is 0 Å². The summed E-state index contributed by atoms with van der Waals surface area (Å²) in [4.78, 5) is 12.0. The second-order valence-electron chi connectivity index (χ2n) is 4.42. The lowest BCUT2D eigenvalue weighted by atomic mass is 10.1. The van der Waals surface area contributed by atoms with Gasteiger partial charge in [0.1, 0.15) is 0 Å². The molecule has 0 radical (unpaired) electrons. The maximum Gasteiger partial charge on any atom is 0.234 e. The first-order valence-electron chi connectivity index (χ1n) is 6.54. The molecular formula is C14H17N3OS3. The molecular weight excluding hydrogens is 322 g/mol. The smallest absolute Gasteiger partial charge is 0.234 e. The number of nitrogens with one attached hydrogen (secondary N) is 1. The molecule has 0 bridgehead atoms. The van der Waals surface area contributed by atoms with Crippen molar-refractivity contribution in [2.24, 2.45) is 0 Å². The molecule has 0 atom stereocenters. The third kappa shape index (κ3) is 5.01. The van der Waals surface area contributed by atoms with Crippen molar-refractivity contribution < 1.29 is 4.79 Å². The fourth-order valence-electron chi connectivity index (χ4n) is 1.62. The second kappa shape index (κ2) is 7.82. The van der Waals surface area contributed by atoms with Gasteiger partial charge in [-0.25, -0.2) is 0 Å². The van der Waals surface area contributed by atoms with Crippen LogP contribution >= 0.6 is 34.9 Å². The number of aryl methyl sites for hydroxylation is 2. The highest BCUT2D eigenvalue weighted by Gasteiger charge is 2.09. The van der Waals surface area contributed by atoms with E-state index in [1.54, 1.807) is 11.8 Å². The molecule has 1 N–H and O–H groups in total. The van der Waals surface area contributed by atoms with Crippen molar-refractivity contribution in [1.29, 1.82) is 0 Å². The topological polar surface area (TPSA) is 54.9 Å². The van der Waals surface area contributed by atoms with Gasteiger partial charge in [0.2, 0.25) is 5.91 Å². The largest absolute Gasteiger partial charge is 0.325 e. The minimum Gasteiger partial charge on any atom is -0.325 e.